The van der Waals surface area contributed by atoms with Crippen LogP contribution < -0.4 is 21.7 Å². The molecule has 2 atom stereocenters. The summed E-state index contributed by atoms with van der Waals surface area (Å²) >= 11 is 0. The number of amides is 2. The van der Waals surface area contributed by atoms with Crippen molar-refractivity contribution in [3.63, 3.8) is 0 Å². The number of hydrogen-bond donors (Lipinski definition) is 4. The Morgan fingerprint density at radius 3 is 2.19 bits per heavy atom. The minimum Gasteiger partial charge on any atom is -0.355 e. The van der Waals surface area contributed by atoms with Crippen molar-refractivity contribution in [2.45, 2.75) is 58.2 Å². The fourth-order valence-electron chi connectivity index (χ4n) is 3.39. The van der Waals surface area contributed by atoms with Crippen molar-refractivity contribution in [3.05, 3.63) is 35.4 Å². The third-order valence-electron chi connectivity index (χ3n) is 4.95. The highest BCUT2D eigenvalue weighted by Crippen LogP contribution is 2.27. The van der Waals surface area contributed by atoms with Gasteiger partial charge in [0, 0.05) is 18.6 Å². The van der Waals surface area contributed by atoms with Crippen molar-refractivity contribution < 1.29 is 9.59 Å². The van der Waals surface area contributed by atoms with Crippen LogP contribution in [0.2, 0.25) is 0 Å². The number of fused-ring (bicyclic) bond motifs is 1. The van der Waals surface area contributed by atoms with Gasteiger partial charge < -0.3 is 21.7 Å². The second kappa shape index (κ2) is 8.64. The van der Waals surface area contributed by atoms with Crippen LogP contribution in [0.15, 0.2) is 24.3 Å². The third-order valence-corrected chi connectivity index (χ3v) is 4.95. The fraction of sp³-hybridized carbons (Fsp3) is 0.600. The lowest BCUT2D eigenvalue weighted by Crippen LogP contribution is -2.57. The number of hydrogen-bond acceptors (Lipinski definition) is 4. The molecule has 0 radical (unpaired) electrons. The zero-order valence-corrected chi connectivity index (χ0v) is 16.3. The van der Waals surface area contributed by atoms with E-state index in [-0.39, 0.29) is 23.3 Å². The molecular weight excluding hydrogens is 328 g/mol. The molecule has 1 aliphatic carbocycles. The number of benzene rings is 1. The second-order valence-electron chi connectivity index (χ2n) is 7.71. The van der Waals surface area contributed by atoms with Crippen LogP contribution in [0.4, 0.5) is 0 Å². The Bertz CT molecular complexity index is 619. The van der Waals surface area contributed by atoms with Gasteiger partial charge in [-0.1, -0.05) is 38.1 Å². The molecule has 0 saturated carbocycles. The van der Waals surface area contributed by atoms with Gasteiger partial charge in [-0.2, -0.15) is 0 Å². The summed E-state index contributed by atoms with van der Waals surface area (Å²) in [5, 5.41) is 8.87. The van der Waals surface area contributed by atoms with E-state index in [0.29, 0.717) is 13.1 Å². The van der Waals surface area contributed by atoms with E-state index >= 15 is 0 Å². The fourth-order valence-corrected chi connectivity index (χ4v) is 3.39. The van der Waals surface area contributed by atoms with Gasteiger partial charge in [0.2, 0.25) is 11.8 Å². The Balaban J connectivity index is 1.88. The van der Waals surface area contributed by atoms with Crippen molar-refractivity contribution in [2.75, 3.05) is 13.1 Å². The van der Waals surface area contributed by atoms with Gasteiger partial charge in [0.1, 0.15) is 6.04 Å². The first-order valence-electron chi connectivity index (χ1n) is 9.43. The highest BCUT2D eigenvalue weighted by Gasteiger charge is 2.34. The molecule has 0 aliphatic heterocycles. The minimum atomic E-state index is -0.533. The molecule has 1 aliphatic rings. The van der Waals surface area contributed by atoms with Gasteiger partial charge in [-0.3, -0.25) is 9.59 Å². The molecule has 0 unspecified atom stereocenters. The normalized spacial score (nSPS) is 17.5. The maximum Gasteiger partial charge on any atom is 0.242 e. The Morgan fingerprint density at radius 2 is 1.69 bits per heavy atom. The molecule has 6 heteroatoms. The van der Waals surface area contributed by atoms with Gasteiger partial charge in [0.05, 0.1) is 6.04 Å². The monoisotopic (exact) mass is 360 g/mol. The largest absolute Gasteiger partial charge is 0.355 e. The summed E-state index contributed by atoms with van der Waals surface area (Å²) in [7, 11) is 0. The molecule has 2 amide bonds. The number of nitrogens with two attached hydrogens (primary N) is 1. The van der Waals surface area contributed by atoms with Gasteiger partial charge in [-0.05, 0) is 43.7 Å². The van der Waals surface area contributed by atoms with E-state index in [2.05, 4.69) is 28.1 Å². The smallest absolute Gasteiger partial charge is 0.242 e. The standard InChI is InChI=1S/C20H32N4O2/c1-5-22-19(26)17(13(2)3)24-18(25)14(4)23-12-20(21)10-15-8-6-7-9-16(15)11-20/h6-9,13-14,17,23H,5,10-12,21H2,1-4H3,(H,22,26)(H,24,25)/t14-,17-/m0/s1. The SMILES string of the molecule is CCNC(=O)[C@@H](NC(=O)[C@H](C)NCC1(N)Cc2ccccc2C1)C(C)C. The average molecular weight is 361 g/mol. The van der Waals surface area contributed by atoms with Gasteiger partial charge in [-0.15, -0.1) is 0 Å². The molecule has 0 fully saturated rings. The molecule has 0 saturated heterocycles. The van der Waals surface area contributed by atoms with Crippen LogP contribution >= 0.6 is 0 Å². The van der Waals surface area contributed by atoms with Crippen molar-refractivity contribution in [3.8, 4) is 0 Å². The Labute approximate surface area is 156 Å². The van der Waals surface area contributed by atoms with Crippen molar-refractivity contribution in [2.24, 2.45) is 11.7 Å². The van der Waals surface area contributed by atoms with Gasteiger partial charge >= 0.3 is 0 Å². The summed E-state index contributed by atoms with van der Waals surface area (Å²) in [6.45, 7) is 8.59. The maximum atomic E-state index is 12.5. The first kappa shape index (κ1) is 20.4. The van der Waals surface area contributed by atoms with E-state index in [9.17, 15) is 9.59 Å². The third kappa shape index (κ3) is 5.05. The zero-order chi connectivity index (χ0) is 19.3. The van der Waals surface area contributed by atoms with Crippen LogP contribution in [0.3, 0.4) is 0 Å². The van der Waals surface area contributed by atoms with Gasteiger partial charge in [0.15, 0.2) is 0 Å². The number of nitrogens with one attached hydrogen (secondary N) is 3. The summed E-state index contributed by atoms with van der Waals surface area (Å²) in [6, 6.07) is 7.33. The number of carbonyl (C=O) groups excluding carboxylic acids is 2. The predicted octanol–water partition coefficient (Wildman–Crippen LogP) is 0.738. The van der Waals surface area contributed by atoms with Crippen LogP contribution in [-0.4, -0.2) is 42.5 Å². The van der Waals surface area contributed by atoms with Crippen LogP contribution in [0, 0.1) is 5.92 Å². The predicted molar refractivity (Wildman–Crippen MR) is 104 cm³/mol. The molecule has 2 rings (SSSR count). The highest BCUT2D eigenvalue weighted by atomic mass is 16.2. The molecule has 0 bridgehead atoms. The van der Waals surface area contributed by atoms with Crippen molar-refractivity contribution in [1.29, 1.82) is 0 Å². The van der Waals surface area contributed by atoms with Crippen molar-refractivity contribution >= 4 is 11.8 Å². The quantitative estimate of drug-likeness (QED) is 0.550. The summed E-state index contributed by atoms with van der Waals surface area (Å²) in [5.74, 6) is -0.318. The highest BCUT2D eigenvalue weighted by molar-refractivity contribution is 5.89. The van der Waals surface area contributed by atoms with Crippen LogP contribution in [0.5, 0.6) is 0 Å². The molecule has 5 N–H and O–H groups in total. The zero-order valence-electron chi connectivity index (χ0n) is 16.3. The van der Waals surface area contributed by atoms with E-state index in [1.165, 1.54) is 11.1 Å². The number of rotatable bonds is 8. The molecule has 0 spiro atoms. The first-order chi connectivity index (χ1) is 12.3. The molecule has 0 aromatic heterocycles. The lowest BCUT2D eigenvalue weighted by atomic mass is 9.96. The topological polar surface area (TPSA) is 96.2 Å². The Kier molecular flexibility index (Phi) is 6.78. The Morgan fingerprint density at radius 1 is 1.12 bits per heavy atom. The first-order valence-corrected chi connectivity index (χ1v) is 9.43. The van der Waals surface area contributed by atoms with E-state index in [1.54, 1.807) is 6.92 Å². The van der Waals surface area contributed by atoms with E-state index < -0.39 is 12.1 Å². The molecule has 0 heterocycles. The van der Waals surface area contributed by atoms with Crippen LogP contribution in [0.25, 0.3) is 0 Å². The average Bonchev–Trinajstić information content (AvgIpc) is 2.93. The summed E-state index contributed by atoms with van der Waals surface area (Å²) in [4.78, 5) is 24.6. The number of likely N-dealkylation sites (N-methyl/N-ethyl adjacent to an activating group) is 1. The molecule has 1 aromatic carbocycles. The van der Waals surface area contributed by atoms with E-state index in [0.717, 1.165) is 12.8 Å². The van der Waals surface area contributed by atoms with E-state index in [4.69, 9.17) is 5.73 Å². The van der Waals surface area contributed by atoms with Gasteiger partial charge in [-0.25, -0.2) is 0 Å². The molecule has 26 heavy (non-hydrogen) atoms. The van der Waals surface area contributed by atoms with Crippen molar-refractivity contribution in [1.82, 2.24) is 16.0 Å². The molecule has 1 aromatic rings. The Hall–Kier alpha value is -1.92. The van der Waals surface area contributed by atoms with Crippen LogP contribution in [-0.2, 0) is 22.4 Å². The van der Waals surface area contributed by atoms with E-state index in [1.807, 2.05) is 32.9 Å². The summed E-state index contributed by atoms with van der Waals surface area (Å²) in [6.07, 6.45) is 1.61. The van der Waals surface area contributed by atoms with Crippen LogP contribution in [0.1, 0.15) is 38.8 Å². The lowest BCUT2D eigenvalue weighted by molar-refractivity contribution is -0.130. The second-order valence-corrected chi connectivity index (χ2v) is 7.71. The molecule has 144 valence electrons. The maximum absolute atomic E-state index is 12.5. The summed E-state index contributed by atoms with van der Waals surface area (Å²) in [5.41, 5.74) is 8.72. The minimum absolute atomic E-state index is 0.0166. The molecular formula is C20H32N4O2. The summed E-state index contributed by atoms with van der Waals surface area (Å²) < 4.78 is 0. The van der Waals surface area contributed by atoms with Gasteiger partial charge in [0.25, 0.3) is 0 Å². The number of carbonyl (C=O) groups is 2. The molecule has 6 nitrogen and oxygen atoms in total. The lowest BCUT2D eigenvalue weighted by Gasteiger charge is -2.28.